The van der Waals surface area contributed by atoms with Gasteiger partial charge in [0.15, 0.2) is 0 Å². The van der Waals surface area contributed by atoms with Crippen LogP contribution in [0, 0.1) is 0 Å². The van der Waals surface area contributed by atoms with Crippen molar-refractivity contribution in [3.05, 3.63) is 66.0 Å². The molecule has 2 rings (SSSR count). The number of aromatic nitrogens is 1. The van der Waals surface area contributed by atoms with Gasteiger partial charge in [-0.05, 0) is 30.0 Å². The number of amides is 2. The van der Waals surface area contributed by atoms with Gasteiger partial charge < -0.3 is 10.6 Å². The molecule has 0 saturated carbocycles. The Morgan fingerprint density at radius 1 is 1.00 bits per heavy atom. The molecule has 0 atom stereocenters. The molecule has 0 bridgehead atoms. The maximum absolute atomic E-state index is 11.6. The van der Waals surface area contributed by atoms with Crippen LogP contribution in [0.15, 0.2) is 54.9 Å². The van der Waals surface area contributed by atoms with Crippen LogP contribution in [0.3, 0.4) is 0 Å². The molecule has 0 fully saturated rings. The Labute approximate surface area is 119 Å². The van der Waals surface area contributed by atoms with Crippen LogP contribution >= 0.6 is 0 Å². The molecule has 0 aliphatic carbocycles. The normalized spacial score (nSPS) is 10.0. The predicted molar refractivity (Wildman–Crippen MR) is 79.2 cm³/mol. The summed E-state index contributed by atoms with van der Waals surface area (Å²) >= 11 is 0. The van der Waals surface area contributed by atoms with E-state index >= 15 is 0 Å². The Balaban J connectivity index is 1.59. The largest absolute Gasteiger partial charge is 0.338 e. The van der Waals surface area contributed by atoms with E-state index in [9.17, 15) is 4.79 Å². The lowest BCUT2D eigenvalue weighted by Gasteiger charge is -2.07. The third-order valence-electron chi connectivity index (χ3n) is 2.95. The molecule has 2 N–H and O–H groups in total. The number of pyridine rings is 1. The number of hydrogen-bond donors (Lipinski definition) is 2. The van der Waals surface area contributed by atoms with Gasteiger partial charge in [0, 0.05) is 25.5 Å². The highest BCUT2D eigenvalue weighted by molar-refractivity contribution is 5.73. The molecule has 0 spiro atoms. The fraction of sp³-hybridized carbons (Fsp3) is 0.250. The summed E-state index contributed by atoms with van der Waals surface area (Å²) in [7, 11) is 0. The topological polar surface area (TPSA) is 54.0 Å². The number of nitrogens with zero attached hydrogens (tertiary/aromatic N) is 1. The number of nitrogens with one attached hydrogen (secondary N) is 2. The average molecular weight is 269 g/mol. The standard InChI is InChI=1S/C16H19N3O/c20-16(19-13-15-9-4-10-17-12-15)18-11-5-8-14-6-2-1-3-7-14/h1-4,6-7,9-10,12H,5,8,11,13H2,(H2,18,19,20). The second-order valence-corrected chi connectivity index (χ2v) is 4.56. The third kappa shape index (κ3) is 5.10. The van der Waals surface area contributed by atoms with Crippen molar-refractivity contribution in [1.29, 1.82) is 0 Å². The SMILES string of the molecule is O=C(NCCCc1ccccc1)NCc1cccnc1. The molecule has 1 aromatic heterocycles. The third-order valence-corrected chi connectivity index (χ3v) is 2.95. The maximum Gasteiger partial charge on any atom is 0.315 e. The Kier molecular flexibility index (Phi) is 5.58. The van der Waals surface area contributed by atoms with Gasteiger partial charge >= 0.3 is 6.03 Å². The van der Waals surface area contributed by atoms with Crippen molar-refractivity contribution in [2.45, 2.75) is 19.4 Å². The van der Waals surface area contributed by atoms with Crippen LogP contribution in [0.2, 0.25) is 0 Å². The summed E-state index contributed by atoms with van der Waals surface area (Å²) in [5.41, 5.74) is 2.29. The molecule has 4 heteroatoms. The van der Waals surface area contributed by atoms with Gasteiger partial charge in [0.25, 0.3) is 0 Å². The van der Waals surface area contributed by atoms with Crippen LogP contribution in [0.4, 0.5) is 4.79 Å². The van der Waals surface area contributed by atoms with Crippen LogP contribution in [0.25, 0.3) is 0 Å². The van der Waals surface area contributed by atoms with Crippen molar-refractivity contribution in [2.24, 2.45) is 0 Å². The molecule has 20 heavy (non-hydrogen) atoms. The number of hydrogen-bond acceptors (Lipinski definition) is 2. The summed E-state index contributed by atoms with van der Waals surface area (Å²) in [4.78, 5) is 15.6. The molecule has 0 unspecified atom stereocenters. The van der Waals surface area contributed by atoms with E-state index < -0.39 is 0 Å². The van der Waals surface area contributed by atoms with Gasteiger partial charge in [0.05, 0.1) is 0 Å². The zero-order valence-corrected chi connectivity index (χ0v) is 11.4. The molecular formula is C16H19N3O. The van der Waals surface area contributed by atoms with Gasteiger partial charge in [0.2, 0.25) is 0 Å². The van der Waals surface area contributed by atoms with Crippen molar-refractivity contribution in [2.75, 3.05) is 6.54 Å². The van der Waals surface area contributed by atoms with Gasteiger partial charge in [-0.1, -0.05) is 36.4 Å². The first kappa shape index (κ1) is 14.1. The van der Waals surface area contributed by atoms with Crippen molar-refractivity contribution in [1.82, 2.24) is 15.6 Å². The van der Waals surface area contributed by atoms with E-state index in [2.05, 4.69) is 27.8 Å². The molecule has 0 aliphatic rings. The summed E-state index contributed by atoms with van der Waals surface area (Å²) in [6.45, 7) is 1.17. The number of benzene rings is 1. The zero-order chi connectivity index (χ0) is 14.0. The summed E-state index contributed by atoms with van der Waals surface area (Å²) in [5.74, 6) is 0. The monoisotopic (exact) mass is 269 g/mol. The zero-order valence-electron chi connectivity index (χ0n) is 11.4. The van der Waals surface area contributed by atoms with E-state index in [1.54, 1.807) is 12.4 Å². The molecule has 0 radical (unpaired) electrons. The first-order valence-electron chi connectivity index (χ1n) is 6.79. The molecule has 2 aromatic rings. The van der Waals surface area contributed by atoms with Crippen LogP contribution in [0.1, 0.15) is 17.5 Å². The van der Waals surface area contributed by atoms with E-state index in [-0.39, 0.29) is 6.03 Å². The number of carbonyl (C=O) groups is 1. The van der Waals surface area contributed by atoms with E-state index in [0.717, 1.165) is 18.4 Å². The van der Waals surface area contributed by atoms with Crippen LogP contribution in [0.5, 0.6) is 0 Å². The Bertz CT molecular complexity index is 514. The lowest BCUT2D eigenvalue weighted by molar-refractivity contribution is 0.240. The summed E-state index contributed by atoms with van der Waals surface area (Å²) in [5, 5.41) is 5.66. The van der Waals surface area contributed by atoms with Gasteiger partial charge in [-0.25, -0.2) is 4.79 Å². The minimum atomic E-state index is -0.137. The second-order valence-electron chi connectivity index (χ2n) is 4.56. The van der Waals surface area contributed by atoms with Crippen LogP contribution in [-0.2, 0) is 13.0 Å². The average Bonchev–Trinajstić information content (AvgIpc) is 2.52. The highest BCUT2D eigenvalue weighted by Gasteiger charge is 1.99. The molecule has 0 saturated heterocycles. The van der Waals surface area contributed by atoms with Crippen molar-refractivity contribution < 1.29 is 4.79 Å². The quantitative estimate of drug-likeness (QED) is 0.792. The number of rotatable bonds is 6. The van der Waals surface area contributed by atoms with E-state index in [1.807, 2.05) is 30.3 Å². The van der Waals surface area contributed by atoms with Gasteiger partial charge in [-0.2, -0.15) is 0 Å². The van der Waals surface area contributed by atoms with E-state index in [1.165, 1.54) is 5.56 Å². The van der Waals surface area contributed by atoms with Crippen molar-refractivity contribution >= 4 is 6.03 Å². The van der Waals surface area contributed by atoms with Crippen LogP contribution in [-0.4, -0.2) is 17.6 Å². The minimum absolute atomic E-state index is 0.137. The smallest absolute Gasteiger partial charge is 0.315 e. The van der Waals surface area contributed by atoms with Crippen molar-refractivity contribution in [3.63, 3.8) is 0 Å². The van der Waals surface area contributed by atoms with Gasteiger partial charge in [-0.15, -0.1) is 0 Å². The summed E-state index contributed by atoms with van der Waals surface area (Å²) in [6, 6.07) is 13.9. The summed E-state index contributed by atoms with van der Waals surface area (Å²) in [6.07, 6.45) is 5.37. The van der Waals surface area contributed by atoms with Gasteiger partial charge in [-0.3, -0.25) is 4.98 Å². The van der Waals surface area contributed by atoms with Crippen LogP contribution < -0.4 is 10.6 Å². The molecule has 4 nitrogen and oxygen atoms in total. The highest BCUT2D eigenvalue weighted by Crippen LogP contribution is 2.01. The minimum Gasteiger partial charge on any atom is -0.338 e. The first-order chi connectivity index (χ1) is 9.84. The number of urea groups is 1. The Hall–Kier alpha value is -2.36. The molecule has 0 aliphatic heterocycles. The maximum atomic E-state index is 11.6. The number of aryl methyl sites for hydroxylation is 1. The second kappa shape index (κ2) is 7.94. The van der Waals surface area contributed by atoms with E-state index in [0.29, 0.717) is 13.1 Å². The highest BCUT2D eigenvalue weighted by atomic mass is 16.2. The molecule has 2 amide bonds. The number of carbonyl (C=O) groups excluding carboxylic acids is 1. The lowest BCUT2D eigenvalue weighted by Crippen LogP contribution is -2.35. The van der Waals surface area contributed by atoms with Gasteiger partial charge in [0.1, 0.15) is 0 Å². The first-order valence-corrected chi connectivity index (χ1v) is 6.79. The fourth-order valence-corrected chi connectivity index (χ4v) is 1.89. The van der Waals surface area contributed by atoms with Crippen molar-refractivity contribution in [3.8, 4) is 0 Å². The fourth-order valence-electron chi connectivity index (χ4n) is 1.89. The molecule has 1 aromatic carbocycles. The predicted octanol–water partition coefficient (Wildman–Crippen LogP) is 2.51. The molecular weight excluding hydrogens is 250 g/mol. The summed E-state index contributed by atoms with van der Waals surface area (Å²) < 4.78 is 0. The lowest BCUT2D eigenvalue weighted by atomic mass is 10.1. The Morgan fingerprint density at radius 3 is 2.55 bits per heavy atom. The van der Waals surface area contributed by atoms with E-state index in [4.69, 9.17) is 0 Å². The Morgan fingerprint density at radius 2 is 1.80 bits per heavy atom. The molecule has 104 valence electrons. The molecule has 1 heterocycles.